The van der Waals surface area contributed by atoms with Crippen LogP contribution in [-0.4, -0.2) is 77.7 Å². The number of hydrogen-bond donors (Lipinski definition) is 2. The lowest BCUT2D eigenvalue weighted by molar-refractivity contribution is -0.384. The maximum atomic E-state index is 12.6. The van der Waals surface area contributed by atoms with Gasteiger partial charge in [-0.25, -0.2) is 0 Å². The largest absolute Gasteiger partial charge is 0.495 e. The van der Waals surface area contributed by atoms with Crippen LogP contribution in [0.3, 0.4) is 0 Å². The van der Waals surface area contributed by atoms with Gasteiger partial charge in [0.2, 0.25) is 5.91 Å². The number of piperazine rings is 1. The van der Waals surface area contributed by atoms with Crippen LogP contribution in [0.1, 0.15) is 13.8 Å². The SMILES string of the molecule is COc1ccc([N+](=O)[O-])cc1NC(=O)[C@H](C)N1CCN([C@@H](C)CO)CC1. The van der Waals surface area contributed by atoms with Gasteiger partial charge in [0.05, 0.1) is 30.4 Å². The van der Waals surface area contributed by atoms with Gasteiger partial charge in [-0.2, -0.15) is 0 Å². The smallest absolute Gasteiger partial charge is 0.271 e. The van der Waals surface area contributed by atoms with Crippen LogP contribution in [0.2, 0.25) is 0 Å². The lowest BCUT2D eigenvalue weighted by Gasteiger charge is -2.39. The first-order valence-electron chi connectivity index (χ1n) is 8.59. The number of carbonyl (C=O) groups excluding carboxylic acids is 1. The van der Waals surface area contributed by atoms with Gasteiger partial charge in [0.25, 0.3) is 5.69 Å². The zero-order valence-corrected chi connectivity index (χ0v) is 15.3. The monoisotopic (exact) mass is 366 g/mol. The third-order valence-corrected chi connectivity index (χ3v) is 4.82. The average Bonchev–Trinajstić information content (AvgIpc) is 2.66. The number of amides is 1. The number of ether oxygens (including phenoxy) is 1. The van der Waals surface area contributed by atoms with Gasteiger partial charge >= 0.3 is 0 Å². The van der Waals surface area contributed by atoms with Crippen LogP contribution < -0.4 is 10.1 Å². The number of aliphatic hydroxyl groups is 1. The van der Waals surface area contributed by atoms with E-state index in [2.05, 4.69) is 15.1 Å². The summed E-state index contributed by atoms with van der Waals surface area (Å²) in [7, 11) is 1.45. The Balaban J connectivity index is 2.01. The molecule has 9 nitrogen and oxygen atoms in total. The molecule has 2 N–H and O–H groups in total. The third kappa shape index (κ3) is 4.69. The van der Waals surface area contributed by atoms with E-state index in [4.69, 9.17) is 4.74 Å². The second-order valence-electron chi connectivity index (χ2n) is 6.41. The zero-order valence-electron chi connectivity index (χ0n) is 15.3. The minimum absolute atomic E-state index is 0.107. The van der Waals surface area contributed by atoms with Crippen molar-refractivity contribution in [3.05, 3.63) is 28.3 Å². The molecule has 0 bridgehead atoms. The van der Waals surface area contributed by atoms with E-state index in [1.54, 1.807) is 0 Å². The number of benzene rings is 1. The van der Waals surface area contributed by atoms with Crippen LogP contribution in [0.15, 0.2) is 18.2 Å². The maximum absolute atomic E-state index is 12.6. The molecule has 1 aliphatic rings. The Bertz CT molecular complexity index is 646. The van der Waals surface area contributed by atoms with Crippen molar-refractivity contribution in [1.29, 1.82) is 0 Å². The quantitative estimate of drug-likeness (QED) is 0.546. The first kappa shape index (κ1) is 20.1. The molecule has 0 saturated carbocycles. The predicted molar refractivity (Wildman–Crippen MR) is 97.4 cm³/mol. The molecule has 1 saturated heterocycles. The molecular formula is C17H26N4O5. The van der Waals surface area contributed by atoms with Crippen molar-refractivity contribution in [1.82, 2.24) is 9.80 Å². The Kier molecular flexibility index (Phi) is 6.90. The van der Waals surface area contributed by atoms with Gasteiger partial charge in [0, 0.05) is 44.4 Å². The van der Waals surface area contributed by atoms with Gasteiger partial charge in [0.15, 0.2) is 0 Å². The number of nitro benzene ring substituents is 1. The van der Waals surface area contributed by atoms with Crippen molar-refractivity contribution in [3.63, 3.8) is 0 Å². The topological polar surface area (TPSA) is 108 Å². The summed E-state index contributed by atoms with van der Waals surface area (Å²) in [5, 5.41) is 22.9. The van der Waals surface area contributed by atoms with Crippen LogP contribution in [-0.2, 0) is 4.79 Å². The lowest BCUT2D eigenvalue weighted by Crippen LogP contribution is -2.55. The lowest BCUT2D eigenvalue weighted by atomic mass is 10.1. The minimum Gasteiger partial charge on any atom is -0.495 e. The number of rotatable bonds is 7. The molecule has 1 fully saturated rings. The van der Waals surface area contributed by atoms with Crippen molar-refractivity contribution in [2.75, 3.05) is 45.2 Å². The van der Waals surface area contributed by atoms with E-state index in [0.29, 0.717) is 18.8 Å². The summed E-state index contributed by atoms with van der Waals surface area (Å²) in [6, 6.07) is 3.82. The van der Waals surface area contributed by atoms with Gasteiger partial charge in [-0.15, -0.1) is 0 Å². The van der Waals surface area contributed by atoms with Crippen LogP contribution in [0.25, 0.3) is 0 Å². The number of nitrogens with zero attached hydrogens (tertiary/aromatic N) is 3. The van der Waals surface area contributed by atoms with Gasteiger partial charge in [-0.1, -0.05) is 0 Å². The number of anilines is 1. The molecule has 144 valence electrons. The number of non-ortho nitro benzene ring substituents is 1. The first-order chi connectivity index (χ1) is 12.4. The van der Waals surface area contributed by atoms with E-state index in [1.807, 2.05) is 13.8 Å². The summed E-state index contributed by atoms with van der Waals surface area (Å²) >= 11 is 0. The Morgan fingerprint density at radius 2 is 1.92 bits per heavy atom. The number of nitro groups is 1. The summed E-state index contributed by atoms with van der Waals surface area (Å²) in [6.45, 7) is 6.88. The highest BCUT2D eigenvalue weighted by Crippen LogP contribution is 2.29. The number of hydrogen-bond acceptors (Lipinski definition) is 7. The van der Waals surface area contributed by atoms with Crippen molar-refractivity contribution >= 4 is 17.3 Å². The predicted octanol–water partition coefficient (Wildman–Crippen LogP) is 0.929. The fourth-order valence-corrected chi connectivity index (χ4v) is 2.99. The van der Waals surface area contributed by atoms with E-state index >= 15 is 0 Å². The van der Waals surface area contributed by atoms with Crippen molar-refractivity contribution < 1.29 is 19.6 Å². The molecule has 0 radical (unpaired) electrons. The Labute approximate surface area is 152 Å². The maximum Gasteiger partial charge on any atom is 0.271 e. The van der Waals surface area contributed by atoms with Crippen LogP contribution in [0.5, 0.6) is 5.75 Å². The van der Waals surface area contributed by atoms with E-state index in [-0.39, 0.29) is 36.0 Å². The minimum atomic E-state index is -0.514. The highest BCUT2D eigenvalue weighted by Gasteiger charge is 2.27. The van der Waals surface area contributed by atoms with Crippen molar-refractivity contribution in [2.24, 2.45) is 0 Å². The molecule has 0 aromatic heterocycles. The number of nitrogens with one attached hydrogen (secondary N) is 1. The van der Waals surface area contributed by atoms with Gasteiger partial charge < -0.3 is 15.2 Å². The summed E-state index contributed by atoms with van der Waals surface area (Å²) < 4.78 is 5.18. The van der Waals surface area contributed by atoms with E-state index in [1.165, 1.54) is 25.3 Å². The average molecular weight is 366 g/mol. The fourth-order valence-electron chi connectivity index (χ4n) is 2.99. The van der Waals surface area contributed by atoms with Crippen LogP contribution >= 0.6 is 0 Å². The highest BCUT2D eigenvalue weighted by atomic mass is 16.6. The van der Waals surface area contributed by atoms with Crippen LogP contribution in [0, 0.1) is 10.1 Å². The zero-order chi connectivity index (χ0) is 19.3. The molecule has 2 rings (SSSR count). The first-order valence-corrected chi connectivity index (χ1v) is 8.59. The molecule has 0 unspecified atom stereocenters. The number of methoxy groups -OCH3 is 1. The molecule has 9 heteroatoms. The number of carbonyl (C=O) groups is 1. The fraction of sp³-hybridized carbons (Fsp3) is 0.588. The summed E-state index contributed by atoms with van der Waals surface area (Å²) in [6.07, 6.45) is 0. The van der Waals surface area contributed by atoms with E-state index in [9.17, 15) is 20.0 Å². The molecule has 1 aromatic carbocycles. The molecule has 26 heavy (non-hydrogen) atoms. The highest BCUT2D eigenvalue weighted by molar-refractivity contribution is 5.96. The normalized spacial score (nSPS) is 18.2. The van der Waals surface area contributed by atoms with Crippen molar-refractivity contribution in [2.45, 2.75) is 25.9 Å². The molecule has 0 aliphatic carbocycles. The second-order valence-corrected chi connectivity index (χ2v) is 6.41. The van der Waals surface area contributed by atoms with Gasteiger partial charge in [0.1, 0.15) is 5.75 Å². The molecule has 1 amide bonds. The van der Waals surface area contributed by atoms with E-state index in [0.717, 1.165) is 13.1 Å². The van der Waals surface area contributed by atoms with Crippen LogP contribution in [0.4, 0.5) is 11.4 Å². The second kappa shape index (κ2) is 8.93. The summed E-state index contributed by atoms with van der Waals surface area (Å²) in [5.41, 5.74) is 0.173. The Hall–Kier alpha value is -2.23. The van der Waals surface area contributed by atoms with E-state index < -0.39 is 4.92 Å². The molecule has 2 atom stereocenters. The van der Waals surface area contributed by atoms with Crippen molar-refractivity contribution in [3.8, 4) is 5.75 Å². The summed E-state index contributed by atoms with van der Waals surface area (Å²) in [5.74, 6) is 0.130. The molecule has 1 aliphatic heterocycles. The summed E-state index contributed by atoms with van der Waals surface area (Å²) in [4.78, 5) is 27.3. The molecular weight excluding hydrogens is 340 g/mol. The molecule has 0 spiro atoms. The standard InChI is InChI=1S/C17H26N4O5/c1-12(11-22)19-6-8-20(9-7-19)13(2)17(23)18-15-10-14(21(24)25)4-5-16(15)26-3/h4-5,10,12-13,22H,6-9,11H2,1-3H3,(H,18,23)/t12-,13-/m0/s1. The Morgan fingerprint density at radius 1 is 1.31 bits per heavy atom. The number of aliphatic hydroxyl groups excluding tert-OH is 1. The van der Waals surface area contributed by atoms with Gasteiger partial charge in [-0.3, -0.25) is 24.7 Å². The van der Waals surface area contributed by atoms with Gasteiger partial charge in [-0.05, 0) is 19.9 Å². The Morgan fingerprint density at radius 3 is 2.46 bits per heavy atom. The molecule has 1 aromatic rings. The molecule has 1 heterocycles. The third-order valence-electron chi connectivity index (χ3n) is 4.82.